The Morgan fingerprint density at radius 1 is 1.18 bits per heavy atom. The second-order valence-corrected chi connectivity index (χ2v) is 5.98. The Kier molecular flexibility index (Phi) is 3.67. The smallest absolute Gasteiger partial charge is 0.262 e. The number of ketones is 1. The molecule has 110 valence electrons. The summed E-state index contributed by atoms with van der Waals surface area (Å²) in [5.41, 5.74) is 1.27. The maximum Gasteiger partial charge on any atom is 0.262 e. The van der Waals surface area contributed by atoms with Crippen molar-refractivity contribution >= 4 is 51.7 Å². The Hall–Kier alpha value is -2.25. The van der Waals surface area contributed by atoms with E-state index in [-0.39, 0.29) is 22.0 Å². The zero-order chi connectivity index (χ0) is 15.9. The van der Waals surface area contributed by atoms with E-state index in [9.17, 15) is 14.7 Å². The summed E-state index contributed by atoms with van der Waals surface area (Å²) in [7, 11) is 0. The molecule has 0 radical (unpaired) electrons. The number of hydrogen-bond donors (Lipinski definition) is 3. The lowest BCUT2D eigenvalue weighted by atomic mass is 9.90. The molecule has 1 aliphatic carbocycles. The minimum absolute atomic E-state index is 0.0175. The Bertz CT molecular complexity index is 969. The van der Waals surface area contributed by atoms with Gasteiger partial charge < -0.3 is 10.1 Å². The van der Waals surface area contributed by atoms with Crippen LogP contribution < -0.4 is 5.56 Å². The Balaban J connectivity index is 2.25. The summed E-state index contributed by atoms with van der Waals surface area (Å²) >= 11 is 8.15. The molecule has 1 aromatic carbocycles. The van der Waals surface area contributed by atoms with Crippen LogP contribution in [0.15, 0.2) is 33.5 Å². The fourth-order valence-electron chi connectivity index (χ4n) is 2.22. The van der Waals surface area contributed by atoms with Crippen LogP contribution in [-0.4, -0.2) is 20.9 Å². The van der Waals surface area contributed by atoms with E-state index in [2.05, 4.69) is 25.9 Å². The number of benzene rings is 1. The van der Waals surface area contributed by atoms with Crippen molar-refractivity contribution in [1.29, 1.82) is 0 Å². The normalized spacial score (nSPS) is 15.1. The summed E-state index contributed by atoms with van der Waals surface area (Å²) in [5.74, 6) is -0.613. The van der Waals surface area contributed by atoms with E-state index < -0.39 is 5.56 Å². The first kappa shape index (κ1) is 14.7. The highest BCUT2D eigenvalue weighted by Crippen LogP contribution is 2.30. The second-order valence-electron chi connectivity index (χ2n) is 4.66. The van der Waals surface area contributed by atoms with Crippen LogP contribution in [0.4, 0.5) is 0 Å². The summed E-state index contributed by atoms with van der Waals surface area (Å²) in [6, 6.07) is 5.46. The number of rotatable bonds is 1. The van der Waals surface area contributed by atoms with Gasteiger partial charge in [0.25, 0.3) is 5.56 Å². The predicted octanol–water partition coefficient (Wildman–Crippen LogP) is 3.04. The topological polar surface area (TPSA) is 85.9 Å². The number of hydrogen-bond acceptors (Lipinski definition) is 4. The van der Waals surface area contributed by atoms with Crippen molar-refractivity contribution in [2.45, 2.75) is 0 Å². The van der Waals surface area contributed by atoms with Gasteiger partial charge in [0.1, 0.15) is 5.56 Å². The maximum atomic E-state index is 12.1. The summed E-state index contributed by atoms with van der Waals surface area (Å²) in [5, 5.41) is 9.86. The van der Waals surface area contributed by atoms with Crippen molar-refractivity contribution in [1.82, 2.24) is 9.97 Å². The lowest BCUT2D eigenvalue weighted by Crippen LogP contribution is -2.12. The van der Waals surface area contributed by atoms with E-state index in [0.717, 1.165) is 10.0 Å². The molecular formula is C15H9BrN2O3S. The fraction of sp³-hybridized carbons (Fsp3) is 0. The largest absolute Gasteiger partial charge is 0.494 e. The van der Waals surface area contributed by atoms with Gasteiger partial charge in [0.05, 0.1) is 0 Å². The summed E-state index contributed by atoms with van der Waals surface area (Å²) in [6.45, 7) is 0. The number of aromatic nitrogens is 2. The molecule has 0 fully saturated rings. The molecule has 5 nitrogen and oxygen atoms in total. The molecule has 0 saturated heterocycles. The highest BCUT2D eigenvalue weighted by molar-refractivity contribution is 9.10. The lowest BCUT2D eigenvalue weighted by Gasteiger charge is -2.13. The highest BCUT2D eigenvalue weighted by atomic mass is 79.9. The van der Waals surface area contributed by atoms with Gasteiger partial charge in [-0.25, -0.2) is 0 Å². The minimum atomic E-state index is -0.560. The molecule has 0 saturated carbocycles. The van der Waals surface area contributed by atoms with Crippen molar-refractivity contribution in [2.24, 2.45) is 0 Å². The van der Waals surface area contributed by atoms with E-state index in [1.165, 1.54) is 12.2 Å². The Labute approximate surface area is 138 Å². The average Bonchev–Trinajstić information content (AvgIpc) is 2.44. The number of H-pyrrole nitrogens is 2. The van der Waals surface area contributed by atoms with E-state index in [0.29, 0.717) is 11.1 Å². The second kappa shape index (κ2) is 5.51. The summed E-state index contributed by atoms with van der Waals surface area (Å²) in [6.07, 6.45) is 4.50. The molecule has 3 N–H and O–H groups in total. The molecule has 0 aliphatic heterocycles. The van der Waals surface area contributed by atoms with Gasteiger partial charge in [-0.05, 0) is 47.6 Å². The third-order valence-electron chi connectivity index (χ3n) is 3.23. The number of halogens is 1. The zero-order valence-corrected chi connectivity index (χ0v) is 13.4. The van der Waals surface area contributed by atoms with Crippen molar-refractivity contribution in [3.8, 4) is 5.88 Å². The fourth-order valence-corrected chi connectivity index (χ4v) is 2.78. The van der Waals surface area contributed by atoms with Crippen LogP contribution in [0.3, 0.4) is 0 Å². The standard InChI is InChI=1S/C15H9BrN2O3S/c16-8-2-3-9-7(5-8)1-4-12(19)10(9)6-11-13(20)17-15(22)18-14(11)21/h1-6H,(H3,17,18,20,21,22)/b10-6+. The van der Waals surface area contributed by atoms with Crippen LogP contribution in [0.25, 0.3) is 17.7 Å². The molecule has 0 amide bonds. The number of fused-ring (bicyclic) bond motifs is 1. The summed E-state index contributed by atoms with van der Waals surface area (Å²) in [4.78, 5) is 28.9. The van der Waals surface area contributed by atoms with Crippen molar-refractivity contribution in [2.75, 3.05) is 0 Å². The molecule has 2 aromatic rings. The molecular weight excluding hydrogens is 368 g/mol. The number of allylic oxidation sites excluding steroid dienone is 2. The van der Waals surface area contributed by atoms with Crippen LogP contribution in [0, 0.1) is 4.77 Å². The van der Waals surface area contributed by atoms with Gasteiger partial charge in [-0.2, -0.15) is 0 Å². The third-order valence-corrected chi connectivity index (χ3v) is 3.93. The molecule has 1 heterocycles. The van der Waals surface area contributed by atoms with Crippen molar-refractivity contribution in [3.63, 3.8) is 0 Å². The maximum absolute atomic E-state index is 12.1. The third kappa shape index (κ3) is 2.60. The van der Waals surface area contributed by atoms with E-state index in [1.807, 2.05) is 12.1 Å². The number of carbonyl (C=O) groups is 1. The molecule has 7 heteroatoms. The van der Waals surface area contributed by atoms with Crippen LogP contribution in [0.1, 0.15) is 16.7 Å². The van der Waals surface area contributed by atoms with E-state index >= 15 is 0 Å². The molecule has 0 bridgehead atoms. The van der Waals surface area contributed by atoms with Gasteiger partial charge >= 0.3 is 0 Å². The van der Waals surface area contributed by atoms with Crippen molar-refractivity contribution in [3.05, 3.63) is 60.6 Å². The quantitative estimate of drug-likeness (QED) is 0.527. The van der Waals surface area contributed by atoms with Crippen LogP contribution >= 0.6 is 28.1 Å². The van der Waals surface area contributed by atoms with Crippen LogP contribution in [-0.2, 0) is 4.79 Å². The van der Waals surface area contributed by atoms with Gasteiger partial charge in [0.2, 0.25) is 5.88 Å². The zero-order valence-electron chi connectivity index (χ0n) is 11.0. The number of aromatic hydroxyl groups is 1. The van der Waals surface area contributed by atoms with Gasteiger partial charge in [0.15, 0.2) is 10.6 Å². The molecule has 0 spiro atoms. The van der Waals surface area contributed by atoms with Crippen LogP contribution in [0.5, 0.6) is 5.88 Å². The Morgan fingerprint density at radius 2 is 1.95 bits per heavy atom. The number of aromatic amines is 2. The SMILES string of the molecule is O=C1C=Cc2cc(Br)ccc2/C1=C\c1c(O)[nH]c(=S)[nH]c1=O. The van der Waals surface area contributed by atoms with E-state index in [1.54, 1.807) is 12.1 Å². The van der Waals surface area contributed by atoms with Gasteiger partial charge in [-0.1, -0.05) is 28.1 Å². The first-order chi connectivity index (χ1) is 10.5. The van der Waals surface area contributed by atoms with Gasteiger partial charge in [-0.15, -0.1) is 0 Å². The van der Waals surface area contributed by atoms with Crippen molar-refractivity contribution < 1.29 is 9.90 Å². The van der Waals surface area contributed by atoms with Crippen LogP contribution in [0.2, 0.25) is 0 Å². The lowest BCUT2D eigenvalue weighted by molar-refractivity contribution is -0.109. The molecule has 22 heavy (non-hydrogen) atoms. The van der Waals surface area contributed by atoms with Gasteiger partial charge in [0, 0.05) is 10.0 Å². The van der Waals surface area contributed by atoms with Gasteiger partial charge in [-0.3, -0.25) is 14.6 Å². The molecule has 1 aromatic heterocycles. The molecule has 0 unspecified atom stereocenters. The summed E-state index contributed by atoms with van der Waals surface area (Å²) < 4.78 is 0.901. The Morgan fingerprint density at radius 3 is 2.68 bits per heavy atom. The predicted molar refractivity (Wildman–Crippen MR) is 90.0 cm³/mol. The molecule has 1 aliphatic rings. The number of carbonyl (C=O) groups excluding carboxylic acids is 1. The first-order valence-electron chi connectivity index (χ1n) is 6.25. The number of nitrogens with one attached hydrogen (secondary N) is 2. The minimum Gasteiger partial charge on any atom is -0.494 e. The molecule has 0 atom stereocenters. The molecule has 3 rings (SSSR count). The average molecular weight is 377 g/mol. The van der Waals surface area contributed by atoms with E-state index in [4.69, 9.17) is 12.2 Å². The monoisotopic (exact) mass is 376 g/mol. The first-order valence-corrected chi connectivity index (χ1v) is 7.45. The highest BCUT2D eigenvalue weighted by Gasteiger charge is 2.19.